The van der Waals surface area contributed by atoms with E-state index in [-0.39, 0.29) is 11.3 Å². The van der Waals surface area contributed by atoms with Crippen molar-refractivity contribution in [2.24, 2.45) is 11.7 Å². The second-order valence-corrected chi connectivity index (χ2v) is 9.39. The van der Waals surface area contributed by atoms with Gasteiger partial charge in [-0.1, -0.05) is 26.0 Å². The van der Waals surface area contributed by atoms with Gasteiger partial charge in [0.1, 0.15) is 0 Å². The van der Waals surface area contributed by atoms with Gasteiger partial charge in [-0.2, -0.15) is 0 Å². The molecule has 0 bridgehead atoms. The Kier molecular flexibility index (Phi) is 6.80. The minimum absolute atomic E-state index is 0.0342. The van der Waals surface area contributed by atoms with Crippen molar-refractivity contribution >= 4 is 5.91 Å². The minimum Gasteiger partial charge on any atom is -0.379 e. The van der Waals surface area contributed by atoms with Crippen molar-refractivity contribution in [3.05, 3.63) is 59.4 Å². The lowest BCUT2D eigenvalue weighted by molar-refractivity contribution is 0.0260. The lowest BCUT2D eigenvalue weighted by Gasteiger charge is -2.47. The molecule has 1 unspecified atom stereocenters. The van der Waals surface area contributed by atoms with Crippen LogP contribution in [0.2, 0.25) is 0 Å². The SMILES string of the molecule is C[C@H]1CN(C(CCN2CCOCC2)c2ccc[nH]2)CC[C@@]1(C)c1cccc(C(N)=O)c1. The quantitative estimate of drug-likeness (QED) is 0.716. The predicted molar refractivity (Wildman–Crippen MR) is 123 cm³/mol. The molecule has 2 aliphatic heterocycles. The number of carbonyl (C=O) groups is 1. The number of nitrogens with one attached hydrogen (secondary N) is 1. The van der Waals surface area contributed by atoms with Crippen LogP contribution in [0.3, 0.4) is 0 Å². The van der Waals surface area contributed by atoms with Crippen LogP contribution in [0.5, 0.6) is 0 Å². The van der Waals surface area contributed by atoms with Gasteiger partial charge in [0.25, 0.3) is 0 Å². The number of aromatic nitrogens is 1. The molecule has 168 valence electrons. The fraction of sp³-hybridized carbons (Fsp3) is 0.560. The molecule has 6 heteroatoms. The number of aromatic amines is 1. The molecule has 0 aliphatic carbocycles. The average molecular weight is 425 g/mol. The third-order valence-corrected chi connectivity index (χ3v) is 7.57. The highest BCUT2D eigenvalue weighted by Gasteiger charge is 2.40. The number of hydrogen-bond acceptors (Lipinski definition) is 4. The molecule has 3 atom stereocenters. The van der Waals surface area contributed by atoms with Crippen molar-refractivity contribution in [3.8, 4) is 0 Å². The Balaban J connectivity index is 1.48. The van der Waals surface area contributed by atoms with E-state index in [1.165, 1.54) is 11.3 Å². The molecule has 1 amide bonds. The summed E-state index contributed by atoms with van der Waals surface area (Å²) in [6, 6.07) is 12.6. The first-order valence-corrected chi connectivity index (χ1v) is 11.5. The highest BCUT2D eigenvalue weighted by Crippen LogP contribution is 2.42. The zero-order chi connectivity index (χ0) is 21.8. The lowest BCUT2D eigenvalue weighted by Crippen LogP contribution is -2.49. The Hall–Kier alpha value is -2.15. The highest BCUT2D eigenvalue weighted by molar-refractivity contribution is 5.92. The van der Waals surface area contributed by atoms with E-state index in [4.69, 9.17) is 10.5 Å². The van der Waals surface area contributed by atoms with Gasteiger partial charge < -0.3 is 15.5 Å². The summed E-state index contributed by atoms with van der Waals surface area (Å²) in [5, 5.41) is 0. The molecule has 31 heavy (non-hydrogen) atoms. The van der Waals surface area contributed by atoms with Crippen LogP contribution in [0.25, 0.3) is 0 Å². The van der Waals surface area contributed by atoms with Gasteiger partial charge in [0, 0.05) is 43.6 Å². The topological polar surface area (TPSA) is 74.6 Å². The van der Waals surface area contributed by atoms with Gasteiger partial charge in [-0.25, -0.2) is 0 Å². The number of hydrogen-bond donors (Lipinski definition) is 2. The number of morpholine rings is 1. The van der Waals surface area contributed by atoms with Crippen molar-refractivity contribution in [2.75, 3.05) is 45.9 Å². The van der Waals surface area contributed by atoms with E-state index in [1.54, 1.807) is 0 Å². The monoisotopic (exact) mass is 424 g/mol. The van der Waals surface area contributed by atoms with Crippen molar-refractivity contribution in [2.45, 2.75) is 38.1 Å². The lowest BCUT2D eigenvalue weighted by atomic mass is 9.67. The molecule has 2 aliphatic rings. The van der Waals surface area contributed by atoms with Crippen LogP contribution in [0.4, 0.5) is 0 Å². The van der Waals surface area contributed by atoms with E-state index in [1.807, 2.05) is 24.4 Å². The molecular formula is C25H36N4O2. The second kappa shape index (κ2) is 9.55. The van der Waals surface area contributed by atoms with E-state index < -0.39 is 0 Å². The molecular weight excluding hydrogens is 388 g/mol. The maximum Gasteiger partial charge on any atom is 0.248 e. The van der Waals surface area contributed by atoms with Gasteiger partial charge >= 0.3 is 0 Å². The number of rotatable bonds is 7. The van der Waals surface area contributed by atoms with Gasteiger partial charge in [-0.15, -0.1) is 0 Å². The van der Waals surface area contributed by atoms with Crippen LogP contribution in [-0.2, 0) is 10.2 Å². The van der Waals surface area contributed by atoms with E-state index >= 15 is 0 Å². The summed E-state index contributed by atoms with van der Waals surface area (Å²) >= 11 is 0. The number of nitrogens with zero attached hydrogens (tertiary/aromatic N) is 2. The summed E-state index contributed by atoms with van der Waals surface area (Å²) in [4.78, 5) is 20.3. The van der Waals surface area contributed by atoms with Gasteiger partial charge in [-0.3, -0.25) is 14.6 Å². The number of benzene rings is 1. The van der Waals surface area contributed by atoms with Gasteiger partial charge in [0.15, 0.2) is 0 Å². The Morgan fingerprint density at radius 3 is 2.74 bits per heavy atom. The van der Waals surface area contributed by atoms with E-state index in [0.717, 1.165) is 58.8 Å². The first kappa shape index (κ1) is 22.1. The first-order chi connectivity index (χ1) is 15.0. The molecule has 2 saturated heterocycles. The molecule has 3 heterocycles. The molecule has 2 aromatic rings. The fourth-order valence-electron chi connectivity index (χ4n) is 5.22. The van der Waals surface area contributed by atoms with Gasteiger partial charge in [-0.05, 0) is 60.5 Å². The molecule has 1 aromatic carbocycles. The molecule has 6 nitrogen and oxygen atoms in total. The normalized spacial score (nSPS) is 26.6. The molecule has 0 spiro atoms. The summed E-state index contributed by atoms with van der Waals surface area (Å²) in [6.07, 6.45) is 4.20. The number of amides is 1. The van der Waals surface area contributed by atoms with Crippen LogP contribution < -0.4 is 5.73 Å². The Morgan fingerprint density at radius 1 is 1.26 bits per heavy atom. The predicted octanol–water partition coefficient (Wildman–Crippen LogP) is 3.18. The highest BCUT2D eigenvalue weighted by atomic mass is 16.5. The molecule has 4 rings (SSSR count). The number of ether oxygens (including phenoxy) is 1. The summed E-state index contributed by atoms with van der Waals surface area (Å²) in [5.41, 5.74) is 8.70. The standard InChI is InChI=1S/C25H36N4O2/c1-19-18-29(12-9-25(19,2)21-6-3-5-20(17-21)24(26)30)23(22-7-4-10-27-22)8-11-28-13-15-31-16-14-28/h3-7,10,17,19,23,27H,8-9,11-16,18H2,1-2H3,(H2,26,30)/t19-,23?,25+/m0/s1. The van der Waals surface area contributed by atoms with Crippen LogP contribution in [0.1, 0.15) is 54.3 Å². The number of likely N-dealkylation sites (tertiary alicyclic amines) is 1. The van der Waals surface area contributed by atoms with Crippen LogP contribution in [-0.4, -0.2) is 66.6 Å². The largest absolute Gasteiger partial charge is 0.379 e. The third kappa shape index (κ3) is 4.86. The van der Waals surface area contributed by atoms with Crippen LogP contribution >= 0.6 is 0 Å². The van der Waals surface area contributed by atoms with Gasteiger partial charge in [0.05, 0.1) is 19.3 Å². The van der Waals surface area contributed by atoms with E-state index in [9.17, 15) is 4.79 Å². The number of nitrogens with two attached hydrogens (primary N) is 1. The minimum atomic E-state index is -0.356. The second-order valence-electron chi connectivity index (χ2n) is 9.39. The van der Waals surface area contributed by atoms with E-state index in [0.29, 0.717) is 17.5 Å². The summed E-state index contributed by atoms with van der Waals surface area (Å²) in [7, 11) is 0. The zero-order valence-corrected chi connectivity index (χ0v) is 18.8. The smallest absolute Gasteiger partial charge is 0.248 e. The number of carbonyl (C=O) groups excluding carboxylic acids is 1. The van der Waals surface area contributed by atoms with Crippen molar-refractivity contribution < 1.29 is 9.53 Å². The van der Waals surface area contributed by atoms with Gasteiger partial charge in [0.2, 0.25) is 5.91 Å². The summed E-state index contributed by atoms with van der Waals surface area (Å²) in [6.45, 7) is 11.6. The summed E-state index contributed by atoms with van der Waals surface area (Å²) < 4.78 is 5.51. The third-order valence-electron chi connectivity index (χ3n) is 7.57. The maximum absolute atomic E-state index is 11.7. The molecule has 1 aromatic heterocycles. The first-order valence-electron chi connectivity index (χ1n) is 11.5. The maximum atomic E-state index is 11.7. The van der Waals surface area contributed by atoms with Crippen LogP contribution in [0, 0.1) is 5.92 Å². The van der Waals surface area contributed by atoms with Crippen molar-refractivity contribution in [1.29, 1.82) is 0 Å². The number of primary amides is 1. The van der Waals surface area contributed by atoms with Crippen molar-refractivity contribution in [1.82, 2.24) is 14.8 Å². The number of piperidine rings is 1. The zero-order valence-electron chi connectivity index (χ0n) is 18.8. The molecule has 0 radical (unpaired) electrons. The Bertz CT molecular complexity index is 862. The molecule has 2 fully saturated rings. The van der Waals surface area contributed by atoms with Crippen molar-refractivity contribution in [3.63, 3.8) is 0 Å². The summed E-state index contributed by atoms with van der Waals surface area (Å²) in [5.74, 6) is 0.107. The van der Waals surface area contributed by atoms with Crippen LogP contribution in [0.15, 0.2) is 42.6 Å². The Morgan fingerprint density at radius 2 is 2.06 bits per heavy atom. The van der Waals surface area contributed by atoms with E-state index in [2.05, 4.69) is 46.8 Å². The number of H-pyrrole nitrogens is 1. The molecule has 3 N–H and O–H groups in total. The molecule has 0 saturated carbocycles. The Labute approximate surface area is 185 Å². The average Bonchev–Trinajstić information content (AvgIpc) is 3.32. The fourth-order valence-corrected chi connectivity index (χ4v) is 5.22.